The summed E-state index contributed by atoms with van der Waals surface area (Å²) >= 11 is 0. The van der Waals surface area contributed by atoms with E-state index in [1.54, 1.807) is 0 Å². The summed E-state index contributed by atoms with van der Waals surface area (Å²) in [7, 11) is 0. The van der Waals surface area contributed by atoms with Crippen molar-refractivity contribution >= 4 is 0 Å². The van der Waals surface area contributed by atoms with Crippen molar-refractivity contribution in [3.63, 3.8) is 0 Å². The van der Waals surface area contributed by atoms with Crippen molar-refractivity contribution in [1.29, 1.82) is 0 Å². The van der Waals surface area contributed by atoms with Crippen molar-refractivity contribution in [2.75, 3.05) is 39.4 Å². The highest BCUT2D eigenvalue weighted by atomic mass is 16.5. The van der Waals surface area contributed by atoms with Gasteiger partial charge in [-0.3, -0.25) is 9.80 Å². The van der Waals surface area contributed by atoms with Gasteiger partial charge in [-0.25, -0.2) is 0 Å². The Morgan fingerprint density at radius 3 is 2.64 bits per heavy atom. The minimum atomic E-state index is -0.277. The number of benzene rings is 1. The third-order valence-electron chi connectivity index (χ3n) is 5.81. The molecule has 0 spiro atoms. The molecule has 1 aliphatic carbocycles. The average Bonchev–Trinajstić information content (AvgIpc) is 3.27. The summed E-state index contributed by atoms with van der Waals surface area (Å²) in [5, 5.41) is 10.5. The van der Waals surface area contributed by atoms with E-state index in [1.165, 1.54) is 31.2 Å². The molecule has 0 aromatic heterocycles. The number of β-amino-alcohol motifs (C(OH)–C–C–N with tert-alkyl or cyclic N) is 1. The summed E-state index contributed by atoms with van der Waals surface area (Å²) in [5.41, 5.74) is 1.24. The second-order valence-electron chi connectivity index (χ2n) is 7.61. The monoisotopic (exact) mass is 346 g/mol. The van der Waals surface area contributed by atoms with E-state index < -0.39 is 0 Å². The van der Waals surface area contributed by atoms with Gasteiger partial charge < -0.3 is 14.6 Å². The quantitative estimate of drug-likeness (QED) is 0.882. The topological polar surface area (TPSA) is 45.2 Å². The normalized spacial score (nSPS) is 29.3. The SMILES string of the molecule is O[C@H]1CN(Cc2ccccc2OC2CCCC2)C[C@@H]1N1CCOCC1. The van der Waals surface area contributed by atoms with E-state index in [2.05, 4.69) is 34.1 Å². The lowest BCUT2D eigenvalue weighted by atomic mass is 10.1. The zero-order valence-electron chi connectivity index (χ0n) is 15.0. The summed E-state index contributed by atoms with van der Waals surface area (Å²) in [4.78, 5) is 4.75. The molecule has 1 N–H and O–H groups in total. The molecule has 3 aliphatic rings. The average molecular weight is 346 g/mol. The molecular weight excluding hydrogens is 316 g/mol. The Hall–Kier alpha value is -1.14. The van der Waals surface area contributed by atoms with Crippen LogP contribution in [0.15, 0.2) is 24.3 Å². The van der Waals surface area contributed by atoms with Crippen LogP contribution in [0.5, 0.6) is 5.75 Å². The molecule has 2 aliphatic heterocycles. The van der Waals surface area contributed by atoms with Gasteiger partial charge in [0.05, 0.1) is 25.4 Å². The number of para-hydroxylation sites is 1. The summed E-state index contributed by atoms with van der Waals surface area (Å²) in [6.45, 7) is 5.91. The second kappa shape index (κ2) is 8.04. The van der Waals surface area contributed by atoms with Crippen LogP contribution in [0.1, 0.15) is 31.2 Å². The van der Waals surface area contributed by atoms with E-state index >= 15 is 0 Å². The van der Waals surface area contributed by atoms with Gasteiger partial charge in [0.1, 0.15) is 5.75 Å². The maximum absolute atomic E-state index is 10.5. The molecule has 1 saturated carbocycles. The first-order valence-corrected chi connectivity index (χ1v) is 9.76. The number of ether oxygens (including phenoxy) is 2. The van der Waals surface area contributed by atoms with Gasteiger partial charge in [-0.05, 0) is 31.7 Å². The maximum Gasteiger partial charge on any atom is 0.124 e. The van der Waals surface area contributed by atoms with E-state index in [9.17, 15) is 5.11 Å². The second-order valence-corrected chi connectivity index (χ2v) is 7.61. The van der Waals surface area contributed by atoms with Crippen LogP contribution in [-0.2, 0) is 11.3 Å². The minimum absolute atomic E-state index is 0.229. The van der Waals surface area contributed by atoms with E-state index in [1.807, 2.05) is 0 Å². The molecule has 0 amide bonds. The lowest BCUT2D eigenvalue weighted by Crippen LogP contribution is -2.48. The largest absolute Gasteiger partial charge is 0.490 e. The van der Waals surface area contributed by atoms with Gasteiger partial charge in [0.25, 0.3) is 0 Å². The molecule has 5 nitrogen and oxygen atoms in total. The predicted molar refractivity (Wildman–Crippen MR) is 96.8 cm³/mol. The van der Waals surface area contributed by atoms with Crippen LogP contribution < -0.4 is 4.74 Å². The van der Waals surface area contributed by atoms with E-state index in [-0.39, 0.29) is 12.1 Å². The number of aliphatic hydroxyl groups excluding tert-OH is 1. The van der Waals surface area contributed by atoms with Crippen molar-refractivity contribution in [3.8, 4) is 5.75 Å². The first-order valence-electron chi connectivity index (χ1n) is 9.76. The minimum Gasteiger partial charge on any atom is -0.490 e. The van der Waals surface area contributed by atoms with Crippen LogP contribution in [0.2, 0.25) is 0 Å². The Bertz CT molecular complexity index is 556. The summed E-state index contributed by atoms with van der Waals surface area (Å²) in [6, 6.07) is 8.64. The third-order valence-corrected chi connectivity index (χ3v) is 5.81. The van der Waals surface area contributed by atoms with Crippen molar-refractivity contribution in [2.45, 2.75) is 50.5 Å². The first-order chi connectivity index (χ1) is 12.3. The van der Waals surface area contributed by atoms with Crippen molar-refractivity contribution in [2.24, 2.45) is 0 Å². The highest BCUT2D eigenvalue weighted by Gasteiger charge is 2.36. The van der Waals surface area contributed by atoms with Crippen LogP contribution in [0.4, 0.5) is 0 Å². The highest BCUT2D eigenvalue weighted by molar-refractivity contribution is 5.33. The Labute approximate surface area is 150 Å². The van der Waals surface area contributed by atoms with Crippen molar-refractivity contribution in [3.05, 3.63) is 29.8 Å². The smallest absolute Gasteiger partial charge is 0.124 e. The summed E-state index contributed by atoms with van der Waals surface area (Å²) < 4.78 is 11.7. The number of hydrogen-bond donors (Lipinski definition) is 1. The van der Waals surface area contributed by atoms with Gasteiger partial charge in [0.15, 0.2) is 0 Å². The Balaban J connectivity index is 1.38. The van der Waals surface area contributed by atoms with Gasteiger partial charge in [-0.2, -0.15) is 0 Å². The fraction of sp³-hybridized carbons (Fsp3) is 0.700. The molecule has 4 rings (SSSR count). The maximum atomic E-state index is 10.5. The van der Waals surface area contributed by atoms with E-state index in [0.717, 1.165) is 51.7 Å². The predicted octanol–water partition coefficient (Wildman–Crippen LogP) is 1.89. The number of rotatable bonds is 5. The van der Waals surface area contributed by atoms with Gasteiger partial charge >= 0.3 is 0 Å². The van der Waals surface area contributed by atoms with Crippen LogP contribution in [0.3, 0.4) is 0 Å². The Morgan fingerprint density at radius 1 is 1.08 bits per heavy atom. The molecule has 138 valence electrons. The molecule has 1 aromatic carbocycles. The fourth-order valence-corrected chi connectivity index (χ4v) is 4.42. The van der Waals surface area contributed by atoms with Gasteiger partial charge in [0.2, 0.25) is 0 Å². The van der Waals surface area contributed by atoms with E-state index in [0.29, 0.717) is 6.10 Å². The molecule has 5 heteroatoms. The zero-order chi connectivity index (χ0) is 17.1. The van der Waals surface area contributed by atoms with Crippen LogP contribution >= 0.6 is 0 Å². The number of likely N-dealkylation sites (tertiary alicyclic amines) is 1. The lowest BCUT2D eigenvalue weighted by molar-refractivity contribution is -0.00618. The Kier molecular flexibility index (Phi) is 5.56. The number of aliphatic hydroxyl groups is 1. The number of nitrogens with zero attached hydrogens (tertiary/aromatic N) is 2. The lowest BCUT2D eigenvalue weighted by Gasteiger charge is -2.33. The van der Waals surface area contributed by atoms with Crippen molar-refractivity contribution < 1.29 is 14.6 Å². The van der Waals surface area contributed by atoms with Gasteiger partial charge in [-0.15, -0.1) is 0 Å². The van der Waals surface area contributed by atoms with Crippen LogP contribution in [0.25, 0.3) is 0 Å². The molecule has 0 bridgehead atoms. The van der Waals surface area contributed by atoms with Crippen molar-refractivity contribution in [1.82, 2.24) is 9.80 Å². The van der Waals surface area contributed by atoms with Gasteiger partial charge in [-0.1, -0.05) is 18.2 Å². The highest BCUT2D eigenvalue weighted by Crippen LogP contribution is 2.28. The molecule has 2 atom stereocenters. The molecule has 0 radical (unpaired) electrons. The van der Waals surface area contributed by atoms with Gasteiger partial charge in [0, 0.05) is 44.3 Å². The Morgan fingerprint density at radius 2 is 1.84 bits per heavy atom. The molecule has 1 aromatic rings. The summed E-state index contributed by atoms with van der Waals surface area (Å²) in [5.74, 6) is 1.03. The zero-order valence-corrected chi connectivity index (χ0v) is 15.0. The molecule has 25 heavy (non-hydrogen) atoms. The fourth-order valence-electron chi connectivity index (χ4n) is 4.42. The number of hydrogen-bond acceptors (Lipinski definition) is 5. The molecular formula is C20H30N2O3. The molecule has 2 saturated heterocycles. The summed E-state index contributed by atoms with van der Waals surface area (Å²) in [6.07, 6.45) is 5.03. The standard InChI is InChI=1S/C20H30N2O3/c23-19-15-21(14-18(19)22-9-11-24-12-10-22)13-16-5-1-4-8-20(16)25-17-6-2-3-7-17/h1,4-5,8,17-19,23H,2-3,6-7,9-15H2/t18-,19-/m0/s1. The third kappa shape index (κ3) is 4.17. The molecule has 3 fully saturated rings. The molecule has 0 unspecified atom stereocenters. The van der Waals surface area contributed by atoms with E-state index in [4.69, 9.17) is 9.47 Å². The van der Waals surface area contributed by atoms with Crippen LogP contribution in [-0.4, -0.2) is 72.5 Å². The molecule has 2 heterocycles. The first kappa shape index (κ1) is 17.3. The number of morpholine rings is 1. The van der Waals surface area contributed by atoms with Crippen LogP contribution in [0, 0.1) is 0 Å².